The van der Waals surface area contributed by atoms with Crippen LogP contribution in [-0.2, 0) is 23.8 Å². The molecule has 0 heterocycles. The molecule has 0 amide bonds. The molecular formula is C57H104O5. The second-order valence-electron chi connectivity index (χ2n) is 18.1. The fourth-order valence-electron chi connectivity index (χ4n) is 7.81. The van der Waals surface area contributed by atoms with Gasteiger partial charge in [-0.15, -0.1) is 0 Å². The summed E-state index contributed by atoms with van der Waals surface area (Å²) in [6.45, 7) is 7.71. The first-order chi connectivity index (χ1) is 30.6. The molecule has 0 aromatic carbocycles. The minimum Gasteiger partial charge on any atom is -0.462 e. The molecule has 0 aromatic rings. The molecule has 0 rings (SSSR count). The van der Waals surface area contributed by atoms with Crippen LogP contribution in [0.15, 0.2) is 48.6 Å². The Morgan fingerprint density at radius 3 is 1.19 bits per heavy atom. The molecule has 0 spiro atoms. The highest BCUT2D eigenvalue weighted by Gasteiger charge is 2.17. The van der Waals surface area contributed by atoms with Crippen LogP contribution in [0.3, 0.4) is 0 Å². The van der Waals surface area contributed by atoms with Crippen LogP contribution in [0.5, 0.6) is 0 Å². The van der Waals surface area contributed by atoms with E-state index in [1.165, 1.54) is 161 Å². The fraction of sp³-hybridized carbons (Fsp3) is 0.825. The molecule has 1 unspecified atom stereocenters. The van der Waals surface area contributed by atoms with Gasteiger partial charge in [0.1, 0.15) is 6.61 Å². The molecule has 0 bridgehead atoms. The van der Waals surface area contributed by atoms with Gasteiger partial charge in [-0.1, -0.05) is 236 Å². The number of esters is 2. The average molecular weight is 869 g/mol. The Kier molecular flexibility index (Phi) is 51.4. The van der Waals surface area contributed by atoms with Gasteiger partial charge in [0.25, 0.3) is 0 Å². The van der Waals surface area contributed by atoms with Gasteiger partial charge in [0, 0.05) is 19.4 Å². The zero-order valence-corrected chi connectivity index (χ0v) is 41.6. The number of carbonyl (C=O) groups is 2. The summed E-state index contributed by atoms with van der Waals surface area (Å²) in [6.07, 6.45) is 65.6. The van der Waals surface area contributed by atoms with Gasteiger partial charge in [-0.3, -0.25) is 9.59 Å². The molecule has 0 N–H and O–H groups in total. The quantitative estimate of drug-likeness (QED) is 0.0346. The second-order valence-corrected chi connectivity index (χ2v) is 18.1. The number of carbonyl (C=O) groups excluding carboxylic acids is 2. The highest BCUT2D eigenvalue weighted by atomic mass is 16.6. The highest BCUT2D eigenvalue weighted by molar-refractivity contribution is 5.70. The van der Waals surface area contributed by atoms with Crippen molar-refractivity contribution in [3.63, 3.8) is 0 Å². The lowest BCUT2D eigenvalue weighted by Crippen LogP contribution is -2.30. The maximum atomic E-state index is 12.8. The molecule has 0 saturated heterocycles. The summed E-state index contributed by atoms with van der Waals surface area (Å²) in [7, 11) is 0. The monoisotopic (exact) mass is 869 g/mol. The Balaban J connectivity index is 4.26. The molecule has 0 aliphatic rings. The van der Waals surface area contributed by atoms with Crippen LogP contribution in [-0.4, -0.2) is 37.9 Å². The fourth-order valence-corrected chi connectivity index (χ4v) is 7.81. The smallest absolute Gasteiger partial charge is 0.306 e. The van der Waals surface area contributed by atoms with Gasteiger partial charge >= 0.3 is 11.9 Å². The average Bonchev–Trinajstić information content (AvgIpc) is 3.27. The van der Waals surface area contributed by atoms with Crippen molar-refractivity contribution in [2.75, 3.05) is 19.8 Å². The normalized spacial score (nSPS) is 12.5. The molecule has 0 radical (unpaired) electrons. The maximum Gasteiger partial charge on any atom is 0.306 e. The molecule has 0 aromatic heterocycles. The van der Waals surface area contributed by atoms with Crippen LogP contribution >= 0.6 is 0 Å². The Hall–Kier alpha value is -2.14. The van der Waals surface area contributed by atoms with E-state index in [-0.39, 0.29) is 25.2 Å². The summed E-state index contributed by atoms with van der Waals surface area (Å²) < 4.78 is 17.4. The van der Waals surface area contributed by atoms with Gasteiger partial charge in [-0.25, -0.2) is 0 Å². The molecular weight excluding hydrogens is 765 g/mol. The van der Waals surface area contributed by atoms with E-state index >= 15 is 0 Å². The molecule has 62 heavy (non-hydrogen) atoms. The lowest BCUT2D eigenvalue weighted by atomic mass is 10.0. The first-order valence-electron chi connectivity index (χ1n) is 27.2. The summed E-state index contributed by atoms with van der Waals surface area (Å²) in [6, 6.07) is 0. The van der Waals surface area contributed by atoms with E-state index in [1.807, 2.05) is 0 Å². The zero-order valence-electron chi connectivity index (χ0n) is 41.6. The SMILES string of the molecule is CC/C=C\C/C=C\C/C=C\CCCCCC(=O)OC(COCCCCCCCCCCCCCCCCCCCC)COC(=O)CCCCCCC/C=C\CCCCCCCC. The Labute approximate surface area is 386 Å². The van der Waals surface area contributed by atoms with Gasteiger partial charge < -0.3 is 14.2 Å². The van der Waals surface area contributed by atoms with E-state index in [4.69, 9.17) is 14.2 Å². The van der Waals surface area contributed by atoms with E-state index in [1.54, 1.807) is 0 Å². The molecule has 362 valence electrons. The third kappa shape index (κ3) is 50.5. The van der Waals surface area contributed by atoms with Gasteiger partial charge in [-0.2, -0.15) is 0 Å². The number of rotatable bonds is 50. The standard InChI is InChI=1S/C57H104O5/c1-4-7-10-13-16-19-22-25-27-28-29-31-34-37-40-43-46-49-52-60-53-55(62-57(59)51-48-45-42-39-36-32-24-21-18-15-12-9-6-3)54-61-56(58)50-47-44-41-38-35-33-30-26-23-20-17-14-11-8-5-2/h9,12,18,21,26,30,32,36,55H,4-8,10-11,13-17,19-20,22-25,27-29,31,33-35,37-54H2,1-3H3/b12-9-,21-18-,30-26-,36-32-. The minimum atomic E-state index is -0.551. The van der Waals surface area contributed by atoms with Crippen molar-refractivity contribution in [1.29, 1.82) is 0 Å². The summed E-state index contributed by atoms with van der Waals surface area (Å²) in [4.78, 5) is 25.4. The Morgan fingerprint density at radius 2 is 0.726 bits per heavy atom. The van der Waals surface area contributed by atoms with Crippen molar-refractivity contribution in [2.45, 2.75) is 284 Å². The van der Waals surface area contributed by atoms with E-state index in [2.05, 4.69) is 69.4 Å². The highest BCUT2D eigenvalue weighted by Crippen LogP contribution is 2.16. The number of unbranched alkanes of at least 4 members (excludes halogenated alkanes) is 31. The van der Waals surface area contributed by atoms with Crippen LogP contribution in [0, 0.1) is 0 Å². The first-order valence-corrected chi connectivity index (χ1v) is 27.2. The van der Waals surface area contributed by atoms with Gasteiger partial charge in [0.05, 0.1) is 6.61 Å². The van der Waals surface area contributed by atoms with Crippen molar-refractivity contribution < 1.29 is 23.8 Å². The first kappa shape index (κ1) is 59.9. The lowest BCUT2D eigenvalue weighted by Gasteiger charge is -2.18. The summed E-state index contributed by atoms with van der Waals surface area (Å²) in [5, 5.41) is 0. The van der Waals surface area contributed by atoms with Crippen LogP contribution < -0.4 is 0 Å². The third-order valence-corrected chi connectivity index (χ3v) is 11.8. The molecule has 5 nitrogen and oxygen atoms in total. The van der Waals surface area contributed by atoms with Crippen molar-refractivity contribution in [2.24, 2.45) is 0 Å². The summed E-state index contributed by atoms with van der Waals surface area (Å²) in [5.41, 5.74) is 0. The van der Waals surface area contributed by atoms with Crippen molar-refractivity contribution in [3.05, 3.63) is 48.6 Å². The molecule has 0 saturated carbocycles. The van der Waals surface area contributed by atoms with Crippen molar-refractivity contribution in [3.8, 4) is 0 Å². The van der Waals surface area contributed by atoms with E-state index in [9.17, 15) is 9.59 Å². The molecule has 1 atom stereocenters. The van der Waals surface area contributed by atoms with Crippen molar-refractivity contribution in [1.82, 2.24) is 0 Å². The molecule has 0 aliphatic heterocycles. The largest absolute Gasteiger partial charge is 0.462 e. The third-order valence-electron chi connectivity index (χ3n) is 11.8. The Morgan fingerprint density at radius 1 is 0.371 bits per heavy atom. The zero-order chi connectivity index (χ0) is 44.9. The topological polar surface area (TPSA) is 61.8 Å². The maximum absolute atomic E-state index is 12.8. The van der Waals surface area contributed by atoms with Gasteiger partial charge in [0.15, 0.2) is 6.10 Å². The van der Waals surface area contributed by atoms with Gasteiger partial charge in [-0.05, 0) is 77.0 Å². The van der Waals surface area contributed by atoms with Crippen LogP contribution in [0.25, 0.3) is 0 Å². The Bertz CT molecular complexity index is 1030. The number of allylic oxidation sites excluding steroid dienone is 8. The molecule has 0 aliphatic carbocycles. The van der Waals surface area contributed by atoms with E-state index < -0.39 is 6.10 Å². The van der Waals surface area contributed by atoms with Crippen LogP contribution in [0.2, 0.25) is 0 Å². The van der Waals surface area contributed by atoms with Crippen LogP contribution in [0.4, 0.5) is 0 Å². The number of hydrogen-bond acceptors (Lipinski definition) is 5. The second kappa shape index (κ2) is 53.2. The lowest BCUT2D eigenvalue weighted by molar-refractivity contribution is -0.163. The predicted octanol–water partition coefficient (Wildman–Crippen LogP) is 18.3. The van der Waals surface area contributed by atoms with Crippen molar-refractivity contribution >= 4 is 11.9 Å². The number of ether oxygens (including phenoxy) is 3. The molecule has 0 fully saturated rings. The van der Waals surface area contributed by atoms with Gasteiger partial charge in [0.2, 0.25) is 0 Å². The van der Waals surface area contributed by atoms with Crippen LogP contribution in [0.1, 0.15) is 278 Å². The minimum absolute atomic E-state index is 0.0723. The summed E-state index contributed by atoms with van der Waals surface area (Å²) >= 11 is 0. The van der Waals surface area contributed by atoms with E-state index in [0.717, 1.165) is 83.5 Å². The number of hydrogen-bond donors (Lipinski definition) is 0. The predicted molar refractivity (Wildman–Crippen MR) is 270 cm³/mol. The summed E-state index contributed by atoms with van der Waals surface area (Å²) in [5.74, 6) is -0.429. The van der Waals surface area contributed by atoms with E-state index in [0.29, 0.717) is 19.4 Å². The molecule has 5 heteroatoms.